The number of carbonyl (C=O) groups is 2. The highest BCUT2D eigenvalue weighted by molar-refractivity contribution is 7.15. The average Bonchev–Trinajstić information content (AvgIpc) is 3.25. The van der Waals surface area contributed by atoms with Crippen LogP contribution in [0.4, 0.5) is 10.3 Å². The van der Waals surface area contributed by atoms with Gasteiger partial charge in [-0.2, -0.15) is 0 Å². The molecule has 0 atom stereocenters. The van der Waals surface area contributed by atoms with Crippen molar-refractivity contribution in [2.24, 2.45) is 0 Å². The molecule has 2 amide bonds. The van der Waals surface area contributed by atoms with Crippen molar-refractivity contribution >= 4 is 44.8 Å². The van der Waals surface area contributed by atoms with E-state index in [2.05, 4.69) is 25.8 Å². The molecule has 0 radical (unpaired) electrons. The predicted octanol–water partition coefficient (Wildman–Crippen LogP) is 3.55. The number of nitrogens with zero attached hydrogens (tertiary/aromatic N) is 3. The topological polar surface area (TPSA) is 96.9 Å². The highest BCUT2D eigenvalue weighted by Gasteiger charge is 2.15. The molecule has 26 heavy (non-hydrogen) atoms. The van der Waals surface area contributed by atoms with Crippen molar-refractivity contribution in [1.82, 2.24) is 15.2 Å². The Labute approximate surface area is 158 Å². The van der Waals surface area contributed by atoms with Crippen molar-refractivity contribution in [3.05, 3.63) is 52.0 Å². The summed E-state index contributed by atoms with van der Waals surface area (Å²) in [5, 5.41) is 16.6. The standard InChI is InChI=1S/C17H17N5O2S2/c1-10(2)15-21-22-17(26-15)20-14(24)12-9-25-16(18-12)19-13(23)8-11-6-4-3-5-7-11/h3-7,9-10H,8H2,1-2H3,(H,18,19,23)(H,20,22,24). The van der Waals surface area contributed by atoms with E-state index in [-0.39, 0.29) is 29.8 Å². The van der Waals surface area contributed by atoms with Gasteiger partial charge in [0.1, 0.15) is 10.7 Å². The summed E-state index contributed by atoms with van der Waals surface area (Å²) in [6.45, 7) is 4.02. The molecule has 0 saturated carbocycles. The molecule has 2 aromatic heterocycles. The smallest absolute Gasteiger partial charge is 0.277 e. The molecule has 134 valence electrons. The van der Waals surface area contributed by atoms with Crippen LogP contribution in [0.15, 0.2) is 35.7 Å². The zero-order chi connectivity index (χ0) is 18.5. The van der Waals surface area contributed by atoms with Crippen molar-refractivity contribution < 1.29 is 9.59 Å². The quantitative estimate of drug-likeness (QED) is 0.674. The van der Waals surface area contributed by atoms with Crippen LogP contribution in [0.2, 0.25) is 0 Å². The van der Waals surface area contributed by atoms with Gasteiger partial charge in [-0.05, 0) is 5.56 Å². The number of hydrogen-bond donors (Lipinski definition) is 2. The number of benzene rings is 1. The molecule has 0 fully saturated rings. The second-order valence-corrected chi connectivity index (χ2v) is 7.67. The molecule has 0 bridgehead atoms. The number of aromatic nitrogens is 3. The van der Waals surface area contributed by atoms with Crippen molar-refractivity contribution in [1.29, 1.82) is 0 Å². The van der Waals surface area contributed by atoms with E-state index in [0.29, 0.717) is 10.3 Å². The van der Waals surface area contributed by atoms with E-state index in [1.165, 1.54) is 22.7 Å². The van der Waals surface area contributed by atoms with Gasteiger partial charge in [0.25, 0.3) is 5.91 Å². The van der Waals surface area contributed by atoms with Gasteiger partial charge in [0, 0.05) is 11.3 Å². The Morgan fingerprint density at radius 1 is 1.08 bits per heavy atom. The van der Waals surface area contributed by atoms with Gasteiger partial charge in [0.05, 0.1) is 6.42 Å². The third-order valence-corrected chi connectivity index (χ3v) is 5.24. The summed E-state index contributed by atoms with van der Waals surface area (Å²) in [6.07, 6.45) is 0.255. The Morgan fingerprint density at radius 3 is 2.54 bits per heavy atom. The second kappa shape index (κ2) is 8.15. The van der Waals surface area contributed by atoms with Gasteiger partial charge in [-0.25, -0.2) is 4.98 Å². The van der Waals surface area contributed by atoms with Crippen LogP contribution in [0.3, 0.4) is 0 Å². The molecule has 0 aliphatic rings. The molecule has 9 heteroatoms. The minimum absolute atomic E-state index is 0.178. The molecular formula is C17H17N5O2S2. The molecule has 0 aliphatic carbocycles. The van der Waals surface area contributed by atoms with Gasteiger partial charge >= 0.3 is 0 Å². The third kappa shape index (κ3) is 4.70. The fourth-order valence-electron chi connectivity index (χ4n) is 2.06. The molecule has 2 heterocycles. The van der Waals surface area contributed by atoms with Crippen LogP contribution in [0.1, 0.15) is 40.8 Å². The van der Waals surface area contributed by atoms with Gasteiger partial charge in [0.15, 0.2) is 5.13 Å². The summed E-state index contributed by atoms with van der Waals surface area (Å²) in [4.78, 5) is 28.5. The summed E-state index contributed by atoms with van der Waals surface area (Å²) in [6, 6.07) is 9.43. The van der Waals surface area contributed by atoms with Crippen LogP contribution in [-0.2, 0) is 11.2 Å². The first kappa shape index (κ1) is 18.2. The largest absolute Gasteiger partial charge is 0.302 e. The SMILES string of the molecule is CC(C)c1nnc(NC(=O)c2csc(NC(=O)Cc3ccccc3)n2)s1. The highest BCUT2D eigenvalue weighted by atomic mass is 32.1. The Hall–Kier alpha value is -2.65. The first-order valence-electron chi connectivity index (χ1n) is 7.95. The number of amides is 2. The average molecular weight is 387 g/mol. The lowest BCUT2D eigenvalue weighted by atomic mass is 10.1. The number of anilines is 2. The number of rotatable bonds is 6. The maximum Gasteiger partial charge on any atom is 0.277 e. The van der Waals surface area contributed by atoms with Crippen LogP contribution in [0.5, 0.6) is 0 Å². The Kier molecular flexibility index (Phi) is 5.69. The molecule has 1 aromatic carbocycles. The van der Waals surface area contributed by atoms with E-state index in [0.717, 1.165) is 10.6 Å². The van der Waals surface area contributed by atoms with Crippen LogP contribution in [-0.4, -0.2) is 27.0 Å². The van der Waals surface area contributed by atoms with E-state index in [4.69, 9.17) is 0 Å². The van der Waals surface area contributed by atoms with Gasteiger partial charge in [-0.15, -0.1) is 21.5 Å². The summed E-state index contributed by atoms with van der Waals surface area (Å²) in [5.74, 6) is -0.302. The number of thiazole rings is 1. The van der Waals surface area contributed by atoms with Gasteiger partial charge < -0.3 is 5.32 Å². The minimum atomic E-state index is -0.378. The fourth-order valence-corrected chi connectivity index (χ4v) is 3.51. The number of nitrogens with one attached hydrogen (secondary N) is 2. The molecule has 0 saturated heterocycles. The third-order valence-electron chi connectivity index (χ3n) is 3.35. The van der Waals surface area contributed by atoms with Gasteiger partial charge in [-0.1, -0.05) is 55.5 Å². The lowest BCUT2D eigenvalue weighted by Crippen LogP contribution is -2.15. The first-order valence-corrected chi connectivity index (χ1v) is 9.65. The second-order valence-electron chi connectivity index (χ2n) is 5.80. The molecule has 2 N–H and O–H groups in total. The maximum absolute atomic E-state index is 12.2. The molecule has 0 unspecified atom stereocenters. The van der Waals surface area contributed by atoms with Crippen molar-refractivity contribution in [3.8, 4) is 0 Å². The molecule has 0 spiro atoms. The fraction of sp³-hybridized carbons (Fsp3) is 0.235. The van der Waals surface area contributed by atoms with Crippen LogP contribution in [0, 0.1) is 0 Å². The van der Waals surface area contributed by atoms with Crippen molar-refractivity contribution in [2.75, 3.05) is 10.6 Å². The van der Waals surface area contributed by atoms with E-state index >= 15 is 0 Å². The van der Waals surface area contributed by atoms with E-state index < -0.39 is 0 Å². The monoisotopic (exact) mass is 387 g/mol. The van der Waals surface area contributed by atoms with E-state index in [9.17, 15) is 9.59 Å². The lowest BCUT2D eigenvalue weighted by Gasteiger charge is -2.01. The molecule has 3 aromatic rings. The zero-order valence-corrected chi connectivity index (χ0v) is 15.9. The van der Waals surface area contributed by atoms with Crippen LogP contribution >= 0.6 is 22.7 Å². The Morgan fingerprint density at radius 2 is 1.85 bits per heavy atom. The van der Waals surface area contributed by atoms with E-state index in [1.807, 2.05) is 44.2 Å². The minimum Gasteiger partial charge on any atom is -0.302 e. The Bertz CT molecular complexity index is 905. The van der Waals surface area contributed by atoms with Gasteiger partial charge in [0.2, 0.25) is 11.0 Å². The first-order chi connectivity index (χ1) is 12.5. The number of hydrogen-bond acceptors (Lipinski definition) is 7. The molecular weight excluding hydrogens is 370 g/mol. The molecule has 7 nitrogen and oxygen atoms in total. The van der Waals surface area contributed by atoms with E-state index in [1.54, 1.807) is 5.38 Å². The van der Waals surface area contributed by atoms with Crippen molar-refractivity contribution in [2.45, 2.75) is 26.2 Å². The van der Waals surface area contributed by atoms with Crippen LogP contribution < -0.4 is 10.6 Å². The lowest BCUT2D eigenvalue weighted by molar-refractivity contribution is -0.115. The summed E-state index contributed by atoms with van der Waals surface area (Å²) in [7, 11) is 0. The van der Waals surface area contributed by atoms with Crippen LogP contribution in [0.25, 0.3) is 0 Å². The molecule has 3 rings (SSSR count). The predicted molar refractivity (Wildman–Crippen MR) is 103 cm³/mol. The van der Waals surface area contributed by atoms with Gasteiger partial charge in [-0.3, -0.25) is 14.9 Å². The number of carbonyl (C=O) groups excluding carboxylic acids is 2. The molecule has 0 aliphatic heterocycles. The highest BCUT2D eigenvalue weighted by Crippen LogP contribution is 2.23. The summed E-state index contributed by atoms with van der Waals surface area (Å²) < 4.78 is 0. The normalized spacial score (nSPS) is 10.7. The summed E-state index contributed by atoms with van der Waals surface area (Å²) >= 11 is 2.54. The summed E-state index contributed by atoms with van der Waals surface area (Å²) in [5.41, 5.74) is 1.14. The van der Waals surface area contributed by atoms with Crippen molar-refractivity contribution in [3.63, 3.8) is 0 Å². The maximum atomic E-state index is 12.2. The zero-order valence-electron chi connectivity index (χ0n) is 14.2. The Balaban J connectivity index is 1.58.